The van der Waals surface area contributed by atoms with E-state index in [9.17, 15) is 24.0 Å². The molecule has 154 valence electrons. The van der Waals surface area contributed by atoms with Crippen LogP contribution in [0.1, 0.15) is 35.2 Å². The predicted molar refractivity (Wildman–Crippen MR) is 101 cm³/mol. The Morgan fingerprint density at radius 2 is 1.93 bits per heavy atom. The van der Waals surface area contributed by atoms with Gasteiger partial charge in [-0.25, -0.2) is 0 Å². The Bertz CT molecular complexity index is 848. The van der Waals surface area contributed by atoms with Crippen LogP contribution in [-0.4, -0.2) is 72.2 Å². The molecular formula is C20H23N3O6. The zero-order chi connectivity index (χ0) is 21.0. The number of nitrogens with zero attached hydrogens (tertiary/aromatic N) is 2. The minimum absolute atomic E-state index is 0.100. The van der Waals surface area contributed by atoms with Crippen LogP contribution in [0.25, 0.3) is 0 Å². The Labute approximate surface area is 168 Å². The number of likely N-dealkylation sites (N-methyl/N-ethyl adjacent to an activating group) is 1. The van der Waals surface area contributed by atoms with Crippen LogP contribution < -0.4 is 5.32 Å². The largest absolute Gasteiger partial charge is 0.456 e. The highest BCUT2D eigenvalue weighted by molar-refractivity contribution is 6.09. The van der Waals surface area contributed by atoms with Crippen molar-refractivity contribution >= 4 is 29.6 Å². The van der Waals surface area contributed by atoms with Crippen molar-refractivity contribution < 1.29 is 28.7 Å². The molecule has 9 nitrogen and oxygen atoms in total. The van der Waals surface area contributed by atoms with Gasteiger partial charge in [-0.15, -0.1) is 0 Å². The van der Waals surface area contributed by atoms with Gasteiger partial charge in [-0.2, -0.15) is 0 Å². The van der Waals surface area contributed by atoms with Crippen LogP contribution in [0.2, 0.25) is 0 Å². The topological polar surface area (TPSA) is 113 Å². The summed E-state index contributed by atoms with van der Waals surface area (Å²) in [6.45, 7) is -0.724. The minimum atomic E-state index is -0.700. The standard InChI is InChI=1S/C20H23N3O6/c1-22(11-16(24)21-14-6-7-14)18(26)12-29-19(27)8-9-23-17(25)10-13-4-2-3-5-15(13)20(23)28/h2-5,14H,6-12H2,1H3,(H,21,24). The first-order valence-electron chi connectivity index (χ1n) is 9.46. The summed E-state index contributed by atoms with van der Waals surface area (Å²) in [6, 6.07) is 7.05. The summed E-state index contributed by atoms with van der Waals surface area (Å²) in [5, 5.41) is 2.77. The van der Waals surface area contributed by atoms with Crippen LogP contribution in [0.3, 0.4) is 0 Å². The molecule has 4 amide bonds. The molecule has 1 aliphatic heterocycles. The molecule has 1 fully saturated rings. The third-order valence-electron chi connectivity index (χ3n) is 4.78. The second kappa shape index (κ2) is 8.85. The molecule has 1 aromatic carbocycles. The summed E-state index contributed by atoms with van der Waals surface area (Å²) >= 11 is 0. The molecule has 0 atom stereocenters. The number of amides is 4. The summed E-state index contributed by atoms with van der Waals surface area (Å²) in [4.78, 5) is 62.4. The fourth-order valence-corrected chi connectivity index (χ4v) is 2.96. The van der Waals surface area contributed by atoms with Crippen molar-refractivity contribution in [2.45, 2.75) is 31.7 Å². The molecule has 0 radical (unpaired) electrons. The van der Waals surface area contributed by atoms with Crippen LogP contribution in [0, 0.1) is 0 Å². The van der Waals surface area contributed by atoms with Gasteiger partial charge in [0, 0.05) is 25.2 Å². The van der Waals surface area contributed by atoms with Gasteiger partial charge in [0.25, 0.3) is 11.8 Å². The average molecular weight is 401 g/mol. The third-order valence-corrected chi connectivity index (χ3v) is 4.78. The Morgan fingerprint density at radius 3 is 2.66 bits per heavy atom. The molecule has 1 saturated carbocycles. The van der Waals surface area contributed by atoms with E-state index in [0.717, 1.165) is 17.7 Å². The second-order valence-electron chi connectivity index (χ2n) is 7.19. The number of carbonyl (C=O) groups is 5. The normalized spacial score (nSPS) is 15.6. The minimum Gasteiger partial charge on any atom is -0.456 e. The van der Waals surface area contributed by atoms with E-state index in [1.165, 1.54) is 11.9 Å². The molecule has 29 heavy (non-hydrogen) atoms. The van der Waals surface area contributed by atoms with Crippen LogP contribution >= 0.6 is 0 Å². The Morgan fingerprint density at radius 1 is 1.21 bits per heavy atom. The lowest BCUT2D eigenvalue weighted by Gasteiger charge is -2.26. The smallest absolute Gasteiger partial charge is 0.308 e. The third kappa shape index (κ3) is 5.40. The van der Waals surface area contributed by atoms with Crippen molar-refractivity contribution in [2.24, 2.45) is 0 Å². The number of hydrogen-bond acceptors (Lipinski definition) is 6. The van der Waals surface area contributed by atoms with Gasteiger partial charge < -0.3 is 15.0 Å². The zero-order valence-electron chi connectivity index (χ0n) is 16.2. The highest BCUT2D eigenvalue weighted by Crippen LogP contribution is 2.20. The van der Waals surface area contributed by atoms with Crippen molar-refractivity contribution in [3.05, 3.63) is 35.4 Å². The van der Waals surface area contributed by atoms with E-state index in [4.69, 9.17) is 4.74 Å². The van der Waals surface area contributed by atoms with E-state index in [0.29, 0.717) is 11.1 Å². The number of imide groups is 1. The maximum absolute atomic E-state index is 12.4. The quantitative estimate of drug-likeness (QED) is 0.480. The van der Waals surface area contributed by atoms with E-state index in [-0.39, 0.29) is 43.8 Å². The monoisotopic (exact) mass is 401 g/mol. The van der Waals surface area contributed by atoms with Gasteiger partial charge in [-0.3, -0.25) is 28.9 Å². The molecule has 1 heterocycles. The second-order valence-corrected chi connectivity index (χ2v) is 7.19. The summed E-state index contributed by atoms with van der Waals surface area (Å²) in [6.07, 6.45) is 1.80. The van der Waals surface area contributed by atoms with Gasteiger partial charge in [0.15, 0.2) is 6.61 Å². The highest BCUT2D eigenvalue weighted by atomic mass is 16.5. The Kier molecular flexibility index (Phi) is 6.26. The summed E-state index contributed by atoms with van der Waals surface area (Å²) < 4.78 is 4.92. The molecule has 0 bridgehead atoms. The molecule has 0 unspecified atom stereocenters. The van der Waals surface area contributed by atoms with Gasteiger partial charge in [-0.05, 0) is 24.5 Å². The molecule has 2 aliphatic rings. The number of rotatable bonds is 8. The van der Waals surface area contributed by atoms with Crippen molar-refractivity contribution in [2.75, 3.05) is 26.7 Å². The predicted octanol–water partition coefficient (Wildman–Crippen LogP) is -0.118. The average Bonchev–Trinajstić information content (AvgIpc) is 3.49. The molecule has 0 spiro atoms. The fourth-order valence-electron chi connectivity index (χ4n) is 2.96. The number of carbonyl (C=O) groups excluding carboxylic acids is 5. The first-order chi connectivity index (χ1) is 13.8. The van der Waals surface area contributed by atoms with Crippen LogP contribution in [0.5, 0.6) is 0 Å². The molecule has 0 saturated heterocycles. The van der Waals surface area contributed by atoms with Gasteiger partial charge in [0.2, 0.25) is 11.8 Å². The summed E-state index contributed by atoms with van der Waals surface area (Å²) in [5.74, 6) is -2.28. The van der Waals surface area contributed by atoms with Gasteiger partial charge in [0.05, 0.1) is 19.4 Å². The van der Waals surface area contributed by atoms with Crippen LogP contribution in [0.15, 0.2) is 24.3 Å². The van der Waals surface area contributed by atoms with Crippen molar-refractivity contribution in [1.82, 2.24) is 15.1 Å². The van der Waals surface area contributed by atoms with E-state index < -0.39 is 24.4 Å². The number of benzene rings is 1. The van der Waals surface area contributed by atoms with Gasteiger partial charge in [-0.1, -0.05) is 18.2 Å². The fraction of sp³-hybridized carbons (Fsp3) is 0.450. The van der Waals surface area contributed by atoms with E-state index in [1.54, 1.807) is 24.3 Å². The molecule has 0 aromatic heterocycles. The summed E-state index contributed by atoms with van der Waals surface area (Å²) in [7, 11) is 1.45. The molecular weight excluding hydrogens is 378 g/mol. The van der Waals surface area contributed by atoms with Crippen molar-refractivity contribution in [3.8, 4) is 0 Å². The number of ether oxygens (including phenoxy) is 1. The number of fused-ring (bicyclic) bond motifs is 1. The maximum atomic E-state index is 12.4. The Balaban J connectivity index is 1.41. The molecule has 9 heteroatoms. The highest BCUT2D eigenvalue weighted by Gasteiger charge is 2.31. The lowest BCUT2D eigenvalue weighted by atomic mass is 9.98. The zero-order valence-corrected chi connectivity index (χ0v) is 16.2. The van der Waals surface area contributed by atoms with E-state index >= 15 is 0 Å². The van der Waals surface area contributed by atoms with E-state index in [2.05, 4.69) is 5.32 Å². The molecule has 1 N–H and O–H groups in total. The SMILES string of the molecule is CN(CC(=O)NC1CC1)C(=O)COC(=O)CCN1C(=O)Cc2ccccc2C1=O. The van der Waals surface area contributed by atoms with Crippen LogP contribution in [0.4, 0.5) is 0 Å². The molecule has 3 rings (SSSR count). The van der Waals surface area contributed by atoms with Gasteiger partial charge in [0.1, 0.15) is 0 Å². The Hall–Kier alpha value is -3.23. The first kappa shape index (κ1) is 20.5. The number of nitrogens with one attached hydrogen (secondary N) is 1. The first-order valence-corrected chi connectivity index (χ1v) is 9.46. The molecule has 1 aliphatic carbocycles. The molecule has 1 aromatic rings. The lowest BCUT2D eigenvalue weighted by Crippen LogP contribution is -2.43. The number of hydrogen-bond donors (Lipinski definition) is 1. The van der Waals surface area contributed by atoms with Crippen molar-refractivity contribution in [3.63, 3.8) is 0 Å². The lowest BCUT2D eigenvalue weighted by molar-refractivity contribution is -0.152. The maximum Gasteiger partial charge on any atom is 0.308 e. The van der Waals surface area contributed by atoms with E-state index in [1.807, 2.05) is 0 Å². The van der Waals surface area contributed by atoms with Gasteiger partial charge >= 0.3 is 5.97 Å². The summed E-state index contributed by atoms with van der Waals surface area (Å²) in [5.41, 5.74) is 1.11. The van der Waals surface area contributed by atoms with Crippen molar-refractivity contribution in [1.29, 1.82) is 0 Å². The number of esters is 1. The van der Waals surface area contributed by atoms with Crippen LogP contribution in [-0.2, 0) is 30.3 Å².